The van der Waals surface area contributed by atoms with Crippen LogP contribution in [-0.4, -0.2) is 29.0 Å². The van der Waals surface area contributed by atoms with Crippen LogP contribution in [0.2, 0.25) is 0 Å². The number of anilines is 2. The number of rotatable bonds is 7. The van der Waals surface area contributed by atoms with Gasteiger partial charge in [-0.25, -0.2) is 0 Å². The number of hydrogen-bond donors (Lipinski definition) is 2. The van der Waals surface area contributed by atoms with Gasteiger partial charge in [0.2, 0.25) is 5.91 Å². The van der Waals surface area contributed by atoms with Crippen LogP contribution in [0.25, 0.3) is 0 Å². The Labute approximate surface area is 157 Å². The molecule has 0 radical (unpaired) electrons. The minimum Gasteiger partial charge on any atom is -0.453 e. The van der Waals surface area contributed by atoms with Crippen LogP contribution in [0.3, 0.4) is 0 Å². The lowest BCUT2D eigenvalue weighted by atomic mass is 10.1. The molecule has 0 aliphatic carbocycles. The standard InChI is InChI=1S/C19H23N3O5/c1-11-17(12(2)27-22-11)9-10-18(24)26-13(3)19(25)21-16-7-5-15(6-8-16)20-14(4)23/h5-8,13H,9-10H2,1-4H3,(H,20,23)(H,21,25)/t13-/m0/s1. The number of nitrogens with zero attached hydrogens (tertiary/aromatic N) is 1. The maximum Gasteiger partial charge on any atom is 0.306 e. The molecule has 1 aromatic carbocycles. The first kappa shape index (κ1) is 20.2. The zero-order valence-corrected chi connectivity index (χ0v) is 15.8. The summed E-state index contributed by atoms with van der Waals surface area (Å²) in [5, 5.41) is 9.13. The van der Waals surface area contributed by atoms with Crippen LogP contribution in [-0.2, 0) is 25.5 Å². The Hall–Kier alpha value is -3.16. The van der Waals surface area contributed by atoms with Crippen molar-refractivity contribution < 1.29 is 23.6 Å². The van der Waals surface area contributed by atoms with Gasteiger partial charge >= 0.3 is 5.97 Å². The first-order valence-corrected chi connectivity index (χ1v) is 8.56. The van der Waals surface area contributed by atoms with Crippen molar-refractivity contribution in [1.82, 2.24) is 5.16 Å². The SMILES string of the molecule is CC(=O)Nc1ccc(NC(=O)[C@H](C)OC(=O)CCc2c(C)noc2C)cc1. The topological polar surface area (TPSA) is 111 Å². The molecule has 1 atom stereocenters. The van der Waals surface area contributed by atoms with Gasteiger partial charge in [0.1, 0.15) is 5.76 Å². The quantitative estimate of drug-likeness (QED) is 0.722. The third kappa shape index (κ3) is 5.95. The summed E-state index contributed by atoms with van der Waals surface area (Å²) in [6.45, 7) is 6.52. The molecule has 2 aromatic rings. The van der Waals surface area contributed by atoms with Crippen LogP contribution in [0.1, 0.15) is 37.3 Å². The lowest BCUT2D eigenvalue weighted by Crippen LogP contribution is -2.30. The van der Waals surface area contributed by atoms with Gasteiger partial charge in [0, 0.05) is 30.3 Å². The van der Waals surface area contributed by atoms with Gasteiger partial charge in [-0.1, -0.05) is 5.16 Å². The van der Waals surface area contributed by atoms with E-state index in [-0.39, 0.29) is 12.3 Å². The second-order valence-corrected chi connectivity index (χ2v) is 6.18. The second-order valence-electron chi connectivity index (χ2n) is 6.18. The predicted octanol–water partition coefficient (Wildman–Crippen LogP) is 2.75. The fourth-order valence-electron chi connectivity index (χ4n) is 2.48. The zero-order chi connectivity index (χ0) is 20.0. The van der Waals surface area contributed by atoms with Crippen molar-refractivity contribution in [2.45, 2.75) is 46.6 Å². The summed E-state index contributed by atoms with van der Waals surface area (Å²) in [6.07, 6.45) is -0.359. The van der Waals surface area contributed by atoms with E-state index in [0.29, 0.717) is 23.6 Å². The highest BCUT2D eigenvalue weighted by Crippen LogP contribution is 2.16. The van der Waals surface area contributed by atoms with Crippen molar-refractivity contribution in [2.24, 2.45) is 0 Å². The van der Waals surface area contributed by atoms with Crippen molar-refractivity contribution in [2.75, 3.05) is 10.6 Å². The Bertz CT molecular complexity index is 807. The largest absolute Gasteiger partial charge is 0.453 e. The van der Waals surface area contributed by atoms with Gasteiger partial charge in [-0.3, -0.25) is 14.4 Å². The molecule has 0 aliphatic rings. The molecule has 144 valence electrons. The van der Waals surface area contributed by atoms with Gasteiger partial charge < -0.3 is 19.9 Å². The van der Waals surface area contributed by atoms with Gasteiger partial charge in [0.05, 0.1) is 5.69 Å². The fourth-order valence-corrected chi connectivity index (χ4v) is 2.48. The molecule has 1 heterocycles. The van der Waals surface area contributed by atoms with Crippen LogP contribution in [0.15, 0.2) is 28.8 Å². The molecule has 27 heavy (non-hydrogen) atoms. The highest BCUT2D eigenvalue weighted by molar-refractivity contribution is 5.95. The van der Waals surface area contributed by atoms with E-state index in [1.54, 1.807) is 31.2 Å². The predicted molar refractivity (Wildman–Crippen MR) is 99.2 cm³/mol. The summed E-state index contributed by atoms with van der Waals surface area (Å²) >= 11 is 0. The van der Waals surface area contributed by atoms with Crippen LogP contribution >= 0.6 is 0 Å². The van der Waals surface area contributed by atoms with Gasteiger partial charge in [0.15, 0.2) is 6.10 Å². The number of aryl methyl sites for hydroxylation is 2. The van der Waals surface area contributed by atoms with Crippen molar-refractivity contribution in [3.8, 4) is 0 Å². The first-order valence-electron chi connectivity index (χ1n) is 8.56. The molecule has 0 spiro atoms. The van der Waals surface area contributed by atoms with E-state index in [4.69, 9.17) is 9.26 Å². The summed E-state index contributed by atoms with van der Waals surface area (Å²) in [5.41, 5.74) is 2.78. The summed E-state index contributed by atoms with van der Waals surface area (Å²) in [6, 6.07) is 6.62. The average Bonchev–Trinajstić information content (AvgIpc) is 2.92. The Morgan fingerprint density at radius 2 is 1.70 bits per heavy atom. The fraction of sp³-hybridized carbons (Fsp3) is 0.368. The highest BCUT2D eigenvalue weighted by Gasteiger charge is 2.19. The van der Waals surface area contributed by atoms with E-state index in [0.717, 1.165) is 11.3 Å². The summed E-state index contributed by atoms with van der Waals surface area (Å²) in [7, 11) is 0. The molecule has 8 nitrogen and oxygen atoms in total. The minimum absolute atomic E-state index is 0.131. The molecule has 2 rings (SSSR count). The molecule has 0 unspecified atom stereocenters. The second kappa shape index (κ2) is 8.98. The molecule has 0 aliphatic heterocycles. The molecule has 0 saturated carbocycles. The molecule has 2 amide bonds. The van der Waals surface area contributed by atoms with E-state index in [1.165, 1.54) is 13.8 Å². The molecule has 0 bridgehead atoms. The zero-order valence-electron chi connectivity index (χ0n) is 15.8. The monoisotopic (exact) mass is 373 g/mol. The van der Waals surface area contributed by atoms with E-state index in [9.17, 15) is 14.4 Å². The van der Waals surface area contributed by atoms with Crippen LogP contribution < -0.4 is 10.6 Å². The molecular weight excluding hydrogens is 350 g/mol. The number of aromatic nitrogens is 1. The van der Waals surface area contributed by atoms with Crippen molar-refractivity contribution in [3.63, 3.8) is 0 Å². The van der Waals surface area contributed by atoms with Crippen molar-refractivity contribution in [3.05, 3.63) is 41.3 Å². The Morgan fingerprint density at radius 1 is 1.11 bits per heavy atom. The lowest BCUT2D eigenvalue weighted by Gasteiger charge is -2.14. The normalized spacial score (nSPS) is 11.6. The Morgan fingerprint density at radius 3 is 2.22 bits per heavy atom. The Balaban J connectivity index is 1.82. The average molecular weight is 373 g/mol. The number of carbonyl (C=O) groups excluding carboxylic acids is 3. The lowest BCUT2D eigenvalue weighted by molar-refractivity contribution is -0.153. The van der Waals surface area contributed by atoms with Gasteiger partial charge in [0.25, 0.3) is 5.91 Å². The number of nitrogens with one attached hydrogen (secondary N) is 2. The number of esters is 1. The summed E-state index contributed by atoms with van der Waals surface area (Å²) in [4.78, 5) is 35.1. The number of carbonyl (C=O) groups is 3. The summed E-state index contributed by atoms with van der Waals surface area (Å²) in [5.74, 6) is -0.413. The van der Waals surface area contributed by atoms with Crippen molar-refractivity contribution >= 4 is 29.2 Å². The maximum atomic E-state index is 12.2. The molecule has 0 saturated heterocycles. The first-order chi connectivity index (χ1) is 12.8. The number of amides is 2. The molecule has 0 fully saturated rings. The van der Waals surface area contributed by atoms with E-state index in [1.807, 2.05) is 6.92 Å². The van der Waals surface area contributed by atoms with E-state index >= 15 is 0 Å². The number of benzene rings is 1. The van der Waals surface area contributed by atoms with Gasteiger partial charge in [-0.2, -0.15) is 0 Å². The smallest absolute Gasteiger partial charge is 0.306 e. The maximum absolute atomic E-state index is 12.2. The van der Waals surface area contributed by atoms with E-state index in [2.05, 4.69) is 15.8 Å². The van der Waals surface area contributed by atoms with Crippen LogP contribution in [0.4, 0.5) is 11.4 Å². The van der Waals surface area contributed by atoms with Gasteiger partial charge in [-0.15, -0.1) is 0 Å². The van der Waals surface area contributed by atoms with Crippen molar-refractivity contribution in [1.29, 1.82) is 0 Å². The van der Waals surface area contributed by atoms with E-state index < -0.39 is 18.0 Å². The van der Waals surface area contributed by atoms with Crippen LogP contribution in [0, 0.1) is 13.8 Å². The summed E-state index contributed by atoms with van der Waals surface area (Å²) < 4.78 is 10.2. The highest BCUT2D eigenvalue weighted by atomic mass is 16.5. The molecular formula is C19H23N3O5. The molecule has 1 aromatic heterocycles. The molecule has 2 N–H and O–H groups in total. The van der Waals surface area contributed by atoms with Gasteiger partial charge in [-0.05, 0) is 51.5 Å². The Kier molecular flexibility index (Phi) is 6.70. The third-order valence-electron chi connectivity index (χ3n) is 3.91. The number of ether oxygens (including phenoxy) is 1. The number of hydrogen-bond acceptors (Lipinski definition) is 6. The molecule has 8 heteroatoms. The minimum atomic E-state index is -0.933. The third-order valence-corrected chi connectivity index (χ3v) is 3.91. The van der Waals surface area contributed by atoms with Crippen LogP contribution in [0.5, 0.6) is 0 Å².